The molecule has 1 aliphatic heterocycles. The highest BCUT2D eigenvalue weighted by Gasteiger charge is 2.22. The van der Waals surface area contributed by atoms with Crippen molar-refractivity contribution < 1.29 is 9.53 Å². The molecular formula is C26H28N2O2. The van der Waals surface area contributed by atoms with Gasteiger partial charge in [0.25, 0.3) is 5.91 Å². The van der Waals surface area contributed by atoms with Gasteiger partial charge in [0.05, 0.1) is 0 Å². The van der Waals surface area contributed by atoms with E-state index in [1.54, 1.807) is 0 Å². The van der Waals surface area contributed by atoms with Crippen molar-refractivity contribution >= 4 is 11.6 Å². The number of nitrogens with zero attached hydrogens (tertiary/aromatic N) is 2. The number of benzene rings is 3. The molecule has 30 heavy (non-hydrogen) atoms. The zero-order valence-electron chi connectivity index (χ0n) is 17.7. The average molecular weight is 401 g/mol. The monoisotopic (exact) mass is 400 g/mol. The maximum atomic E-state index is 13.0. The third-order valence-electron chi connectivity index (χ3n) is 5.61. The Balaban J connectivity index is 1.38. The molecule has 154 valence electrons. The Kier molecular flexibility index (Phi) is 6.03. The largest absolute Gasteiger partial charge is 0.457 e. The summed E-state index contributed by atoms with van der Waals surface area (Å²) >= 11 is 0. The normalized spacial score (nSPS) is 13.9. The van der Waals surface area contributed by atoms with Gasteiger partial charge < -0.3 is 14.5 Å². The van der Waals surface area contributed by atoms with Gasteiger partial charge in [-0.15, -0.1) is 0 Å². The lowest BCUT2D eigenvalue weighted by molar-refractivity contribution is 0.0746. The summed E-state index contributed by atoms with van der Waals surface area (Å²) in [6, 6.07) is 24.1. The third kappa shape index (κ3) is 4.65. The molecule has 0 radical (unpaired) electrons. The van der Waals surface area contributed by atoms with Gasteiger partial charge in [-0.2, -0.15) is 0 Å². The Hall–Kier alpha value is -3.27. The number of amides is 1. The average Bonchev–Trinajstić information content (AvgIpc) is 2.80. The van der Waals surface area contributed by atoms with Crippen molar-refractivity contribution in [2.75, 3.05) is 31.1 Å². The zero-order chi connectivity index (χ0) is 20.9. The van der Waals surface area contributed by atoms with Crippen LogP contribution >= 0.6 is 0 Å². The summed E-state index contributed by atoms with van der Waals surface area (Å²) in [6.45, 7) is 7.34. The molecular weight excluding hydrogens is 372 g/mol. The first kappa shape index (κ1) is 20.0. The molecule has 0 aromatic heterocycles. The first-order chi connectivity index (χ1) is 14.6. The summed E-state index contributed by atoms with van der Waals surface area (Å²) in [5, 5.41) is 0. The van der Waals surface area contributed by atoms with Gasteiger partial charge in [0.2, 0.25) is 0 Å². The number of piperazine rings is 1. The quantitative estimate of drug-likeness (QED) is 0.582. The number of hydrogen-bond donors (Lipinski definition) is 0. The van der Waals surface area contributed by atoms with E-state index in [-0.39, 0.29) is 5.91 Å². The van der Waals surface area contributed by atoms with Gasteiger partial charge >= 0.3 is 0 Å². The third-order valence-corrected chi connectivity index (χ3v) is 5.61. The number of ether oxygens (including phenoxy) is 1. The van der Waals surface area contributed by atoms with Gasteiger partial charge in [-0.1, -0.05) is 42.8 Å². The van der Waals surface area contributed by atoms with Crippen molar-refractivity contribution in [3.8, 4) is 11.5 Å². The summed E-state index contributed by atoms with van der Waals surface area (Å²) in [7, 11) is 0. The Labute approximate surface area is 178 Å². The first-order valence-corrected chi connectivity index (χ1v) is 10.6. The van der Waals surface area contributed by atoms with Gasteiger partial charge in [-0.3, -0.25) is 4.79 Å². The Bertz CT molecular complexity index is 988. The zero-order valence-corrected chi connectivity index (χ0v) is 17.7. The molecule has 1 saturated heterocycles. The summed E-state index contributed by atoms with van der Waals surface area (Å²) in [4.78, 5) is 17.3. The minimum atomic E-state index is 0.0605. The molecule has 0 aliphatic carbocycles. The first-order valence-electron chi connectivity index (χ1n) is 10.6. The molecule has 3 aromatic carbocycles. The van der Waals surface area contributed by atoms with Crippen LogP contribution in [-0.2, 0) is 6.42 Å². The van der Waals surface area contributed by atoms with Crippen LogP contribution in [0.5, 0.6) is 11.5 Å². The minimum absolute atomic E-state index is 0.0605. The van der Waals surface area contributed by atoms with Crippen LogP contribution in [0.3, 0.4) is 0 Å². The van der Waals surface area contributed by atoms with Crippen molar-refractivity contribution in [1.82, 2.24) is 4.90 Å². The van der Waals surface area contributed by atoms with Crippen LogP contribution in [0.25, 0.3) is 0 Å². The molecule has 0 N–H and O–H groups in total. The van der Waals surface area contributed by atoms with Crippen LogP contribution in [0, 0.1) is 6.92 Å². The fourth-order valence-corrected chi connectivity index (χ4v) is 3.73. The number of rotatable bonds is 5. The van der Waals surface area contributed by atoms with Crippen LogP contribution in [0.15, 0.2) is 72.8 Å². The van der Waals surface area contributed by atoms with Crippen LogP contribution in [0.1, 0.15) is 28.4 Å². The van der Waals surface area contributed by atoms with E-state index in [4.69, 9.17) is 4.74 Å². The van der Waals surface area contributed by atoms with Crippen LogP contribution < -0.4 is 9.64 Å². The molecule has 3 aromatic rings. The molecule has 0 spiro atoms. The summed E-state index contributed by atoms with van der Waals surface area (Å²) in [5.41, 5.74) is 4.43. The van der Waals surface area contributed by atoms with Gasteiger partial charge in [-0.25, -0.2) is 0 Å². The number of carbonyl (C=O) groups is 1. The molecule has 0 saturated carbocycles. The summed E-state index contributed by atoms with van der Waals surface area (Å²) < 4.78 is 5.93. The maximum absolute atomic E-state index is 13.0. The Morgan fingerprint density at radius 2 is 1.57 bits per heavy atom. The molecule has 4 nitrogen and oxygen atoms in total. The molecule has 0 atom stereocenters. The molecule has 4 heteroatoms. The van der Waals surface area contributed by atoms with E-state index in [0.29, 0.717) is 11.3 Å². The van der Waals surface area contributed by atoms with Crippen molar-refractivity contribution in [3.63, 3.8) is 0 Å². The predicted molar refractivity (Wildman–Crippen MR) is 122 cm³/mol. The van der Waals surface area contributed by atoms with E-state index in [0.717, 1.165) is 38.3 Å². The SMILES string of the molecule is CCc1ccc(N2CCN(C(=O)c3cccc(Oc4ccc(C)cc4)c3)CC2)cc1. The van der Waals surface area contributed by atoms with Crippen molar-refractivity contribution in [2.45, 2.75) is 20.3 Å². The number of hydrogen-bond acceptors (Lipinski definition) is 3. The maximum Gasteiger partial charge on any atom is 0.254 e. The number of aryl methyl sites for hydroxylation is 2. The van der Waals surface area contributed by atoms with Crippen LogP contribution in [-0.4, -0.2) is 37.0 Å². The standard InChI is InChI=1S/C26H28N2O2/c1-3-21-9-11-23(12-10-21)27-15-17-28(18-16-27)26(29)22-5-4-6-25(19-22)30-24-13-7-20(2)8-14-24/h4-14,19H,3,15-18H2,1-2H3. The summed E-state index contributed by atoms with van der Waals surface area (Å²) in [6.07, 6.45) is 1.05. The van der Waals surface area contributed by atoms with E-state index in [2.05, 4.69) is 36.1 Å². The smallest absolute Gasteiger partial charge is 0.254 e. The highest BCUT2D eigenvalue weighted by molar-refractivity contribution is 5.94. The molecule has 1 aliphatic rings. The second-order valence-electron chi connectivity index (χ2n) is 7.74. The topological polar surface area (TPSA) is 32.8 Å². The summed E-state index contributed by atoms with van der Waals surface area (Å²) in [5.74, 6) is 1.51. The van der Waals surface area contributed by atoms with Gasteiger partial charge in [-0.05, 0) is 61.4 Å². The van der Waals surface area contributed by atoms with Crippen molar-refractivity contribution in [1.29, 1.82) is 0 Å². The molecule has 0 unspecified atom stereocenters. The predicted octanol–water partition coefficient (Wildman–Crippen LogP) is 5.31. The lowest BCUT2D eigenvalue weighted by Gasteiger charge is -2.36. The molecule has 4 rings (SSSR count). The van der Waals surface area contributed by atoms with Crippen LogP contribution in [0.4, 0.5) is 5.69 Å². The second-order valence-corrected chi connectivity index (χ2v) is 7.74. The molecule has 1 heterocycles. The fraction of sp³-hybridized carbons (Fsp3) is 0.269. The van der Waals surface area contributed by atoms with Gasteiger partial charge in [0, 0.05) is 37.4 Å². The van der Waals surface area contributed by atoms with E-state index < -0.39 is 0 Å². The van der Waals surface area contributed by atoms with E-state index in [1.165, 1.54) is 16.8 Å². The molecule has 1 fully saturated rings. The van der Waals surface area contributed by atoms with E-state index in [9.17, 15) is 4.79 Å². The minimum Gasteiger partial charge on any atom is -0.457 e. The van der Waals surface area contributed by atoms with Crippen molar-refractivity contribution in [2.24, 2.45) is 0 Å². The number of carbonyl (C=O) groups excluding carboxylic acids is 1. The molecule has 0 bridgehead atoms. The lowest BCUT2D eigenvalue weighted by atomic mass is 10.1. The lowest BCUT2D eigenvalue weighted by Crippen LogP contribution is -2.48. The fourth-order valence-electron chi connectivity index (χ4n) is 3.73. The molecule has 1 amide bonds. The highest BCUT2D eigenvalue weighted by Crippen LogP contribution is 2.24. The Morgan fingerprint density at radius 1 is 0.867 bits per heavy atom. The second kappa shape index (κ2) is 9.04. The highest BCUT2D eigenvalue weighted by atomic mass is 16.5. The van der Waals surface area contributed by atoms with Gasteiger partial charge in [0.1, 0.15) is 11.5 Å². The number of anilines is 1. The Morgan fingerprint density at radius 3 is 2.23 bits per heavy atom. The van der Waals surface area contributed by atoms with Crippen LogP contribution in [0.2, 0.25) is 0 Å². The van der Waals surface area contributed by atoms with Gasteiger partial charge in [0.15, 0.2) is 0 Å². The van der Waals surface area contributed by atoms with E-state index in [1.807, 2.05) is 60.4 Å². The van der Waals surface area contributed by atoms with Crippen molar-refractivity contribution in [3.05, 3.63) is 89.5 Å². The van der Waals surface area contributed by atoms with E-state index >= 15 is 0 Å².